The molecule has 1 aromatic carbocycles. The van der Waals surface area contributed by atoms with E-state index in [9.17, 15) is 4.79 Å². The Morgan fingerprint density at radius 1 is 1.36 bits per heavy atom. The number of benzene rings is 1. The fourth-order valence-electron chi connectivity index (χ4n) is 2.88. The van der Waals surface area contributed by atoms with Gasteiger partial charge in [0.2, 0.25) is 5.91 Å². The fraction of sp³-hybridized carbons (Fsp3) is 0.611. The number of carbonyl (C=O) groups is 1. The second-order valence-electron chi connectivity index (χ2n) is 6.53. The third-order valence-corrected chi connectivity index (χ3v) is 3.99. The first-order valence-corrected chi connectivity index (χ1v) is 8.24. The summed E-state index contributed by atoms with van der Waals surface area (Å²) in [7, 11) is 2.12. The zero-order valence-corrected chi connectivity index (χ0v) is 14.0. The van der Waals surface area contributed by atoms with Crippen LogP contribution >= 0.6 is 0 Å². The van der Waals surface area contributed by atoms with Crippen LogP contribution in [-0.2, 0) is 11.2 Å². The molecule has 1 atom stereocenters. The van der Waals surface area contributed by atoms with E-state index in [1.165, 1.54) is 5.56 Å². The van der Waals surface area contributed by atoms with Gasteiger partial charge in [-0.05, 0) is 63.9 Å². The Morgan fingerprint density at radius 3 is 2.68 bits per heavy atom. The molecule has 0 radical (unpaired) electrons. The first-order valence-electron chi connectivity index (χ1n) is 8.24. The van der Waals surface area contributed by atoms with Gasteiger partial charge in [-0.3, -0.25) is 4.79 Å². The van der Waals surface area contributed by atoms with E-state index in [4.69, 9.17) is 4.74 Å². The average Bonchev–Trinajstić information content (AvgIpc) is 2.85. The molecule has 1 amide bonds. The van der Waals surface area contributed by atoms with Gasteiger partial charge < -0.3 is 15.0 Å². The van der Waals surface area contributed by atoms with Crippen LogP contribution in [0.3, 0.4) is 0 Å². The number of nitrogens with zero attached hydrogens (tertiary/aromatic N) is 1. The van der Waals surface area contributed by atoms with Gasteiger partial charge in [-0.2, -0.15) is 0 Å². The van der Waals surface area contributed by atoms with Crippen LogP contribution in [0.1, 0.15) is 32.3 Å². The molecule has 2 rings (SSSR count). The van der Waals surface area contributed by atoms with Gasteiger partial charge in [0.1, 0.15) is 5.75 Å². The topological polar surface area (TPSA) is 41.6 Å². The van der Waals surface area contributed by atoms with Crippen molar-refractivity contribution in [1.29, 1.82) is 0 Å². The van der Waals surface area contributed by atoms with Gasteiger partial charge in [-0.15, -0.1) is 0 Å². The van der Waals surface area contributed by atoms with Crippen LogP contribution in [0.25, 0.3) is 0 Å². The lowest BCUT2D eigenvalue weighted by Crippen LogP contribution is -2.28. The van der Waals surface area contributed by atoms with E-state index in [2.05, 4.69) is 29.4 Å². The summed E-state index contributed by atoms with van der Waals surface area (Å²) >= 11 is 0. The van der Waals surface area contributed by atoms with E-state index in [-0.39, 0.29) is 12.0 Å². The lowest BCUT2D eigenvalue weighted by molar-refractivity contribution is -0.121. The monoisotopic (exact) mass is 304 g/mol. The van der Waals surface area contributed by atoms with E-state index in [1.807, 2.05) is 26.0 Å². The van der Waals surface area contributed by atoms with Crippen molar-refractivity contribution in [3.63, 3.8) is 0 Å². The Balaban J connectivity index is 1.66. The number of hydrogen-bond acceptors (Lipinski definition) is 3. The van der Waals surface area contributed by atoms with Gasteiger partial charge in [0, 0.05) is 19.5 Å². The predicted octanol–water partition coefficient (Wildman–Crippen LogP) is 2.47. The summed E-state index contributed by atoms with van der Waals surface area (Å²) in [6.45, 7) is 6.90. The first kappa shape index (κ1) is 16.8. The molecule has 122 valence electrons. The van der Waals surface area contributed by atoms with Crippen molar-refractivity contribution in [2.24, 2.45) is 5.92 Å². The predicted molar refractivity (Wildman–Crippen MR) is 89.1 cm³/mol. The summed E-state index contributed by atoms with van der Waals surface area (Å²) in [6.07, 6.45) is 2.85. The van der Waals surface area contributed by atoms with Crippen molar-refractivity contribution in [3.8, 4) is 5.75 Å². The number of hydrogen-bond donors (Lipinski definition) is 1. The zero-order valence-electron chi connectivity index (χ0n) is 14.0. The summed E-state index contributed by atoms with van der Waals surface area (Å²) in [4.78, 5) is 14.2. The molecule has 4 heteroatoms. The molecule has 1 aliphatic heterocycles. The van der Waals surface area contributed by atoms with E-state index in [0.717, 1.165) is 31.7 Å². The molecule has 1 aromatic rings. The fourth-order valence-corrected chi connectivity index (χ4v) is 2.88. The molecular formula is C18H28N2O2. The highest BCUT2D eigenvalue weighted by molar-refractivity contribution is 5.76. The second kappa shape index (κ2) is 8.18. The third kappa shape index (κ3) is 5.68. The minimum Gasteiger partial charge on any atom is -0.491 e. The molecule has 4 nitrogen and oxygen atoms in total. The van der Waals surface area contributed by atoms with Crippen molar-refractivity contribution in [1.82, 2.24) is 10.2 Å². The molecule has 22 heavy (non-hydrogen) atoms. The zero-order chi connectivity index (χ0) is 15.9. The molecule has 0 aliphatic carbocycles. The van der Waals surface area contributed by atoms with E-state index in [0.29, 0.717) is 18.9 Å². The molecule has 1 N–H and O–H groups in total. The minimum atomic E-state index is 0.181. The number of rotatable bonds is 7. The highest BCUT2D eigenvalue weighted by Crippen LogP contribution is 2.17. The molecule has 0 saturated carbocycles. The van der Waals surface area contributed by atoms with Gasteiger partial charge >= 0.3 is 0 Å². The highest BCUT2D eigenvalue weighted by atomic mass is 16.5. The molecule has 1 unspecified atom stereocenters. The highest BCUT2D eigenvalue weighted by Gasteiger charge is 2.21. The lowest BCUT2D eigenvalue weighted by Gasteiger charge is -2.11. The van der Waals surface area contributed by atoms with E-state index >= 15 is 0 Å². The molecule has 1 saturated heterocycles. The van der Waals surface area contributed by atoms with Crippen LogP contribution in [0, 0.1) is 5.92 Å². The lowest BCUT2D eigenvalue weighted by atomic mass is 10.0. The number of likely N-dealkylation sites (tertiary alicyclic amines) is 1. The summed E-state index contributed by atoms with van der Waals surface area (Å²) in [5.41, 5.74) is 1.22. The van der Waals surface area contributed by atoms with Crippen molar-refractivity contribution in [2.75, 3.05) is 26.7 Å². The van der Waals surface area contributed by atoms with Crippen LogP contribution in [0.2, 0.25) is 0 Å². The van der Waals surface area contributed by atoms with Gasteiger partial charge in [0.25, 0.3) is 0 Å². The van der Waals surface area contributed by atoms with Crippen molar-refractivity contribution in [3.05, 3.63) is 29.8 Å². The van der Waals surface area contributed by atoms with Crippen LogP contribution in [0.15, 0.2) is 24.3 Å². The molecule has 0 aromatic heterocycles. The maximum absolute atomic E-state index is 11.9. The van der Waals surface area contributed by atoms with Gasteiger partial charge in [0.05, 0.1) is 6.10 Å². The third-order valence-electron chi connectivity index (χ3n) is 3.99. The Kier molecular flexibility index (Phi) is 6.25. The number of nitrogens with one attached hydrogen (secondary N) is 1. The van der Waals surface area contributed by atoms with Crippen molar-refractivity contribution < 1.29 is 9.53 Å². The molecule has 1 aliphatic rings. The van der Waals surface area contributed by atoms with Gasteiger partial charge in [0.15, 0.2) is 0 Å². The summed E-state index contributed by atoms with van der Waals surface area (Å²) in [5, 5.41) is 3.03. The number of ether oxygens (including phenoxy) is 1. The van der Waals surface area contributed by atoms with Gasteiger partial charge in [-0.1, -0.05) is 12.1 Å². The van der Waals surface area contributed by atoms with Crippen molar-refractivity contribution in [2.45, 2.75) is 39.2 Å². The first-order chi connectivity index (χ1) is 10.5. The van der Waals surface area contributed by atoms with Gasteiger partial charge in [-0.25, -0.2) is 0 Å². The normalized spacial score (nSPS) is 18.6. The number of amides is 1. The number of carbonyl (C=O) groups excluding carboxylic acids is 1. The molecule has 1 fully saturated rings. The Bertz CT molecular complexity index is 470. The minimum absolute atomic E-state index is 0.181. The SMILES string of the molecule is CC(C)Oc1ccc(CCNC(=O)CC2CCN(C)C2)cc1. The Labute approximate surface area is 133 Å². The quantitative estimate of drug-likeness (QED) is 0.841. The molecule has 0 spiro atoms. The van der Waals surface area contributed by atoms with Crippen molar-refractivity contribution >= 4 is 5.91 Å². The molecular weight excluding hydrogens is 276 g/mol. The second-order valence-corrected chi connectivity index (χ2v) is 6.53. The summed E-state index contributed by atoms with van der Waals surface area (Å²) in [5.74, 6) is 1.60. The standard InChI is InChI=1S/C18H28N2O2/c1-14(2)22-17-6-4-15(5-7-17)8-10-19-18(21)12-16-9-11-20(3)13-16/h4-7,14,16H,8-13H2,1-3H3,(H,19,21). The summed E-state index contributed by atoms with van der Waals surface area (Å²) in [6, 6.07) is 8.11. The molecule has 1 heterocycles. The Hall–Kier alpha value is -1.55. The maximum atomic E-state index is 11.9. The van der Waals surface area contributed by atoms with E-state index < -0.39 is 0 Å². The maximum Gasteiger partial charge on any atom is 0.220 e. The smallest absolute Gasteiger partial charge is 0.220 e. The average molecular weight is 304 g/mol. The van der Waals surface area contributed by atoms with Crippen LogP contribution in [0.4, 0.5) is 0 Å². The largest absolute Gasteiger partial charge is 0.491 e. The summed E-state index contributed by atoms with van der Waals surface area (Å²) < 4.78 is 5.62. The molecule has 0 bridgehead atoms. The van der Waals surface area contributed by atoms with Crippen LogP contribution in [-0.4, -0.2) is 43.6 Å². The Morgan fingerprint density at radius 2 is 2.09 bits per heavy atom. The van der Waals surface area contributed by atoms with E-state index in [1.54, 1.807) is 0 Å². The van der Waals surface area contributed by atoms with Crippen LogP contribution in [0.5, 0.6) is 5.75 Å². The van der Waals surface area contributed by atoms with Crippen LogP contribution < -0.4 is 10.1 Å².